The van der Waals surface area contributed by atoms with Gasteiger partial charge in [-0.15, -0.1) is 0 Å². The highest BCUT2D eigenvalue weighted by Gasteiger charge is 2.37. The summed E-state index contributed by atoms with van der Waals surface area (Å²) < 4.78 is 0. The van der Waals surface area contributed by atoms with Crippen LogP contribution in [0.2, 0.25) is 0 Å². The molecule has 1 saturated heterocycles. The number of benzene rings is 1. The number of nitrogens with one attached hydrogen (secondary N) is 2. The Kier molecular flexibility index (Phi) is 3.47. The predicted octanol–water partition coefficient (Wildman–Crippen LogP) is -0.426. The number of fused-ring (bicyclic) bond motifs is 1. The van der Waals surface area contributed by atoms with Gasteiger partial charge >= 0.3 is 0 Å². The number of nitrogens with zero attached hydrogens (tertiary/aromatic N) is 1. The minimum atomic E-state index is -0.617. The van der Waals surface area contributed by atoms with Crippen LogP contribution < -0.4 is 10.6 Å². The van der Waals surface area contributed by atoms with E-state index in [2.05, 4.69) is 10.6 Å². The molecule has 1 unspecified atom stereocenters. The fraction of sp³-hybridized carbons (Fsp3) is 0.400. The summed E-state index contributed by atoms with van der Waals surface area (Å²) in [6.45, 7) is 2.19. The van der Waals surface area contributed by atoms with Gasteiger partial charge in [-0.3, -0.25) is 19.7 Å². The molecule has 6 heteroatoms. The van der Waals surface area contributed by atoms with E-state index in [9.17, 15) is 14.4 Å². The van der Waals surface area contributed by atoms with Crippen LogP contribution in [0.1, 0.15) is 18.1 Å². The van der Waals surface area contributed by atoms with Crippen LogP contribution in [0.25, 0.3) is 0 Å². The van der Waals surface area contributed by atoms with E-state index in [4.69, 9.17) is 0 Å². The Morgan fingerprint density at radius 1 is 1.24 bits per heavy atom. The van der Waals surface area contributed by atoms with Crippen LogP contribution in [0.5, 0.6) is 0 Å². The van der Waals surface area contributed by atoms with Gasteiger partial charge in [0, 0.05) is 6.54 Å². The number of piperazine rings is 1. The molecule has 0 bridgehead atoms. The molecule has 0 saturated carbocycles. The third-order valence-electron chi connectivity index (χ3n) is 4.09. The molecule has 2 atom stereocenters. The first-order valence-electron chi connectivity index (χ1n) is 7.00. The Hall–Kier alpha value is -2.21. The van der Waals surface area contributed by atoms with Crippen molar-refractivity contribution in [1.29, 1.82) is 0 Å². The van der Waals surface area contributed by atoms with E-state index in [1.165, 1.54) is 10.5 Å². The first-order chi connectivity index (χ1) is 10.1. The molecule has 2 heterocycles. The maximum absolute atomic E-state index is 12.6. The Morgan fingerprint density at radius 3 is 2.71 bits per heavy atom. The first-order valence-corrected chi connectivity index (χ1v) is 7.00. The lowest BCUT2D eigenvalue weighted by Gasteiger charge is -2.36. The van der Waals surface area contributed by atoms with Crippen molar-refractivity contribution in [2.45, 2.75) is 32.0 Å². The fourth-order valence-corrected chi connectivity index (χ4v) is 2.81. The standard InChI is InChI=1S/C15H17N3O3/c1-9-14(20)17-13(19)8-18(9)15(21)12-6-10-4-2-3-5-11(10)7-16-12/h2-5,9,12,16H,6-8H2,1H3,(H,17,19,20)/t9?,12-/m1/s1. The largest absolute Gasteiger partial charge is 0.320 e. The van der Waals surface area contributed by atoms with Gasteiger partial charge in [-0.1, -0.05) is 24.3 Å². The zero-order valence-corrected chi connectivity index (χ0v) is 11.8. The molecule has 2 aliphatic rings. The van der Waals surface area contributed by atoms with Crippen LogP contribution in [-0.2, 0) is 27.3 Å². The molecule has 0 aromatic heterocycles. The van der Waals surface area contributed by atoms with Crippen LogP contribution in [-0.4, -0.2) is 41.2 Å². The molecule has 0 spiro atoms. The van der Waals surface area contributed by atoms with Crippen LogP contribution in [0.3, 0.4) is 0 Å². The van der Waals surface area contributed by atoms with Gasteiger partial charge in [-0.2, -0.15) is 0 Å². The smallest absolute Gasteiger partial charge is 0.249 e. The summed E-state index contributed by atoms with van der Waals surface area (Å²) >= 11 is 0. The van der Waals surface area contributed by atoms with Crippen molar-refractivity contribution in [3.05, 3.63) is 35.4 Å². The lowest BCUT2D eigenvalue weighted by molar-refractivity contribution is -0.150. The monoisotopic (exact) mass is 287 g/mol. The molecule has 3 amide bonds. The number of hydrogen-bond donors (Lipinski definition) is 2. The second-order valence-corrected chi connectivity index (χ2v) is 5.46. The minimum Gasteiger partial charge on any atom is -0.320 e. The molecule has 0 radical (unpaired) electrons. The molecular weight excluding hydrogens is 270 g/mol. The maximum atomic E-state index is 12.6. The average Bonchev–Trinajstić information content (AvgIpc) is 2.49. The molecule has 110 valence electrons. The summed E-state index contributed by atoms with van der Waals surface area (Å²) in [5.41, 5.74) is 2.32. The second-order valence-electron chi connectivity index (χ2n) is 5.46. The van der Waals surface area contributed by atoms with Gasteiger partial charge in [0.15, 0.2) is 0 Å². The first kappa shape index (κ1) is 13.8. The van der Waals surface area contributed by atoms with Crippen molar-refractivity contribution < 1.29 is 14.4 Å². The predicted molar refractivity (Wildman–Crippen MR) is 75.1 cm³/mol. The lowest BCUT2D eigenvalue weighted by atomic mass is 9.94. The number of imide groups is 1. The molecule has 0 aliphatic carbocycles. The maximum Gasteiger partial charge on any atom is 0.249 e. The zero-order valence-electron chi connectivity index (χ0n) is 11.8. The second kappa shape index (κ2) is 5.29. The molecule has 1 fully saturated rings. The summed E-state index contributed by atoms with van der Waals surface area (Å²) in [5, 5.41) is 5.43. The molecule has 2 aliphatic heterocycles. The summed E-state index contributed by atoms with van der Waals surface area (Å²) in [5.74, 6) is -1.04. The summed E-state index contributed by atoms with van der Waals surface area (Å²) in [4.78, 5) is 37.1. The van der Waals surface area contributed by atoms with Crippen molar-refractivity contribution in [3.8, 4) is 0 Å². The average molecular weight is 287 g/mol. The third-order valence-corrected chi connectivity index (χ3v) is 4.09. The Balaban J connectivity index is 1.77. The minimum absolute atomic E-state index is 0.0639. The van der Waals surface area contributed by atoms with E-state index < -0.39 is 17.9 Å². The normalized spacial score (nSPS) is 25.3. The topological polar surface area (TPSA) is 78.5 Å². The number of carbonyl (C=O) groups is 3. The van der Waals surface area contributed by atoms with Gasteiger partial charge < -0.3 is 10.2 Å². The van der Waals surface area contributed by atoms with E-state index in [1.54, 1.807) is 6.92 Å². The van der Waals surface area contributed by atoms with Crippen molar-refractivity contribution >= 4 is 17.7 Å². The highest BCUT2D eigenvalue weighted by Crippen LogP contribution is 2.18. The van der Waals surface area contributed by atoms with Gasteiger partial charge in [0.25, 0.3) is 0 Å². The zero-order chi connectivity index (χ0) is 15.0. The van der Waals surface area contributed by atoms with Crippen LogP contribution in [0.15, 0.2) is 24.3 Å². The third kappa shape index (κ3) is 2.54. The van der Waals surface area contributed by atoms with Crippen molar-refractivity contribution in [2.75, 3.05) is 6.54 Å². The highest BCUT2D eigenvalue weighted by atomic mass is 16.2. The summed E-state index contributed by atoms with van der Waals surface area (Å²) in [6.07, 6.45) is 0.577. The van der Waals surface area contributed by atoms with E-state index in [-0.39, 0.29) is 18.5 Å². The molecule has 6 nitrogen and oxygen atoms in total. The Morgan fingerprint density at radius 2 is 1.95 bits per heavy atom. The quantitative estimate of drug-likeness (QED) is 0.687. The van der Waals surface area contributed by atoms with Gasteiger partial charge in [-0.25, -0.2) is 0 Å². The molecule has 1 aromatic carbocycles. The van der Waals surface area contributed by atoms with Crippen molar-refractivity contribution in [1.82, 2.24) is 15.5 Å². The van der Waals surface area contributed by atoms with Crippen LogP contribution in [0.4, 0.5) is 0 Å². The highest BCUT2D eigenvalue weighted by molar-refractivity contribution is 6.04. The summed E-state index contributed by atoms with van der Waals surface area (Å²) in [6, 6.07) is 6.96. The Labute approximate surface area is 122 Å². The number of amides is 3. The van der Waals surface area contributed by atoms with E-state index >= 15 is 0 Å². The lowest BCUT2D eigenvalue weighted by Crippen LogP contribution is -2.62. The molecule has 2 N–H and O–H groups in total. The van der Waals surface area contributed by atoms with Gasteiger partial charge in [0.1, 0.15) is 12.6 Å². The van der Waals surface area contributed by atoms with Crippen LogP contribution >= 0.6 is 0 Å². The van der Waals surface area contributed by atoms with Gasteiger partial charge in [-0.05, 0) is 24.5 Å². The van der Waals surface area contributed by atoms with Crippen molar-refractivity contribution in [3.63, 3.8) is 0 Å². The SMILES string of the molecule is CC1C(=O)NC(=O)CN1C(=O)[C@H]1Cc2ccccc2CN1. The number of rotatable bonds is 1. The molecule has 3 rings (SSSR count). The molecule has 21 heavy (non-hydrogen) atoms. The summed E-state index contributed by atoms with van der Waals surface area (Å²) in [7, 11) is 0. The van der Waals surface area contributed by atoms with Crippen LogP contribution in [0, 0.1) is 0 Å². The Bertz CT molecular complexity index is 614. The molecule has 1 aromatic rings. The number of hydrogen-bond acceptors (Lipinski definition) is 4. The molecular formula is C15H17N3O3. The van der Waals surface area contributed by atoms with Crippen molar-refractivity contribution in [2.24, 2.45) is 0 Å². The van der Waals surface area contributed by atoms with Gasteiger partial charge in [0.2, 0.25) is 17.7 Å². The van der Waals surface area contributed by atoms with E-state index in [0.717, 1.165) is 5.56 Å². The van der Waals surface area contributed by atoms with Gasteiger partial charge in [0.05, 0.1) is 6.04 Å². The fourth-order valence-electron chi connectivity index (χ4n) is 2.81. The van der Waals surface area contributed by atoms with E-state index in [0.29, 0.717) is 13.0 Å². The number of carbonyl (C=O) groups excluding carboxylic acids is 3. The van der Waals surface area contributed by atoms with E-state index in [1.807, 2.05) is 24.3 Å².